The van der Waals surface area contributed by atoms with Crippen LogP contribution in [0.2, 0.25) is 20.2 Å². The molecule has 0 spiro atoms. The number of nitrogens with zero attached hydrogens (tertiary/aromatic N) is 2. The molecule has 11 heteroatoms. The van der Waals surface area contributed by atoms with E-state index in [-0.39, 0.29) is 33.2 Å². The lowest BCUT2D eigenvalue weighted by Crippen LogP contribution is -2.20. The lowest BCUT2D eigenvalue weighted by Gasteiger charge is -2.11. The minimum Gasteiger partial charge on any atom is -0.496 e. The predicted octanol–water partition coefficient (Wildman–Crippen LogP) is 5.63. The van der Waals surface area contributed by atoms with Crippen molar-refractivity contribution in [1.82, 2.24) is 10.4 Å². The van der Waals surface area contributed by atoms with Crippen molar-refractivity contribution in [1.29, 1.82) is 0 Å². The monoisotopic (exact) mass is 512 g/mol. The van der Waals surface area contributed by atoms with Crippen LogP contribution in [0.4, 0.5) is 5.69 Å². The summed E-state index contributed by atoms with van der Waals surface area (Å²) >= 11 is 23.6. The van der Waals surface area contributed by atoms with Gasteiger partial charge in [-0.25, -0.2) is 10.4 Å². The van der Waals surface area contributed by atoms with Crippen LogP contribution in [0.25, 0.3) is 0 Å². The number of anilines is 1. The summed E-state index contributed by atoms with van der Waals surface area (Å²) in [7, 11) is 1.56. The molecule has 0 fully saturated rings. The topological polar surface area (TPSA) is 98.8 Å². The van der Waals surface area contributed by atoms with E-state index in [4.69, 9.17) is 61.6 Å². The highest BCUT2D eigenvalue weighted by molar-refractivity contribution is 6.46. The first kappa shape index (κ1) is 23.9. The second-order valence-electron chi connectivity index (χ2n) is 6.31. The molecule has 1 heterocycles. The summed E-state index contributed by atoms with van der Waals surface area (Å²) in [6.45, 7) is 0.251. The number of carbonyl (C=O) groups excluding carboxylic acids is 1. The molecule has 1 amide bonds. The molecular formula is C21H16Cl4N4O3. The van der Waals surface area contributed by atoms with Gasteiger partial charge in [-0.3, -0.25) is 4.79 Å². The largest absolute Gasteiger partial charge is 0.496 e. The summed E-state index contributed by atoms with van der Waals surface area (Å²) in [5, 5.41) is 4.28. The standard InChI is InChI=1S/C21H16Cl4N4O3/c1-31-15-7-2-11(8-12(15)10-32-14-5-3-13(22)4-6-14)9-27-29-21(30)19-16(23)18(26)17(24)20(25)28-19/h2-9H,10H2,1H3,(H2,26,28)(H,29,30)/b27-9+. The zero-order chi connectivity index (χ0) is 23.3. The van der Waals surface area contributed by atoms with E-state index in [0.29, 0.717) is 22.1 Å². The van der Waals surface area contributed by atoms with Crippen LogP contribution in [-0.2, 0) is 6.61 Å². The van der Waals surface area contributed by atoms with Crippen LogP contribution in [0.3, 0.4) is 0 Å². The van der Waals surface area contributed by atoms with Crippen molar-refractivity contribution in [3.63, 3.8) is 0 Å². The van der Waals surface area contributed by atoms with Gasteiger partial charge in [0.1, 0.15) is 23.1 Å². The summed E-state index contributed by atoms with van der Waals surface area (Å²) in [4.78, 5) is 16.2. The Hall–Kier alpha value is -2.71. The van der Waals surface area contributed by atoms with Crippen molar-refractivity contribution in [2.24, 2.45) is 5.10 Å². The maximum atomic E-state index is 12.3. The summed E-state index contributed by atoms with van der Waals surface area (Å²) < 4.78 is 11.2. The van der Waals surface area contributed by atoms with E-state index in [1.807, 2.05) is 6.07 Å². The molecule has 0 atom stereocenters. The SMILES string of the molecule is COc1ccc(/C=N/NC(=O)c2nc(Cl)c(Cl)c(N)c2Cl)cc1COc1ccc(Cl)cc1. The second-order valence-corrected chi connectivity index (χ2v) is 7.86. The molecule has 1 aromatic heterocycles. The van der Waals surface area contributed by atoms with Crippen LogP contribution in [0.5, 0.6) is 11.5 Å². The number of rotatable bonds is 7. The van der Waals surface area contributed by atoms with Crippen molar-refractivity contribution in [3.05, 3.63) is 79.5 Å². The fourth-order valence-corrected chi connectivity index (χ4v) is 3.30. The Balaban J connectivity index is 1.71. The minimum atomic E-state index is -0.698. The summed E-state index contributed by atoms with van der Waals surface area (Å²) in [5.41, 5.74) is 9.29. The number of halogens is 4. The number of carbonyl (C=O) groups is 1. The molecule has 2 aromatic carbocycles. The van der Waals surface area contributed by atoms with E-state index in [0.717, 1.165) is 5.56 Å². The summed E-state index contributed by atoms with van der Waals surface area (Å²) in [6.07, 6.45) is 1.44. The first-order valence-electron chi connectivity index (χ1n) is 8.98. The van der Waals surface area contributed by atoms with Crippen molar-refractivity contribution in [3.8, 4) is 11.5 Å². The Kier molecular flexibility index (Phi) is 8.04. The van der Waals surface area contributed by atoms with Gasteiger partial charge in [-0.15, -0.1) is 0 Å². The minimum absolute atomic E-state index is 0.0247. The van der Waals surface area contributed by atoms with Crippen LogP contribution in [0.1, 0.15) is 21.6 Å². The van der Waals surface area contributed by atoms with Gasteiger partial charge in [-0.05, 0) is 48.0 Å². The number of benzene rings is 2. The Morgan fingerprint density at radius 3 is 2.53 bits per heavy atom. The van der Waals surface area contributed by atoms with E-state index >= 15 is 0 Å². The fraction of sp³-hybridized carbons (Fsp3) is 0.0952. The molecule has 7 nitrogen and oxygen atoms in total. The van der Waals surface area contributed by atoms with Crippen LogP contribution in [-0.4, -0.2) is 24.2 Å². The lowest BCUT2D eigenvalue weighted by molar-refractivity contribution is 0.0950. The molecule has 3 rings (SSSR count). The maximum absolute atomic E-state index is 12.3. The van der Waals surface area contributed by atoms with Gasteiger partial charge in [0.05, 0.1) is 24.0 Å². The molecule has 32 heavy (non-hydrogen) atoms. The molecule has 166 valence electrons. The van der Waals surface area contributed by atoms with E-state index < -0.39 is 5.91 Å². The molecule has 3 aromatic rings. The molecule has 0 saturated carbocycles. The van der Waals surface area contributed by atoms with Gasteiger partial charge in [0.15, 0.2) is 10.8 Å². The van der Waals surface area contributed by atoms with Crippen LogP contribution < -0.4 is 20.6 Å². The normalized spacial score (nSPS) is 10.9. The number of ether oxygens (including phenoxy) is 2. The Morgan fingerprint density at radius 2 is 1.84 bits per heavy atom. The first-order chi connectivity index (χ1) is 15.3. The summed E-state index contributed by atoms with van der Waals surface area (Å²) in [5.74, 6) is 0.604. The number of hydrogen-bond acceptors (Lipinski definition) is 6. The third kappa shape index (κ3) is 5.75. The van der Waals surface area contributed by atoms with Gasteiger partial charge in [-0.1, -0.05) is 46.4 Å². The van der Waals surface area contributed by atoms with Gasteiger partial charge >= 0.3 is 0 Å². The highest BCUT2D eigenvalue weighted by Gasteiger charge is 2.19. The zero-order valence-electron chi connectivity index (χ0n) is 16.5. The molecule has 0 bridgehead atoms. The summed E-state index contributed by atoms with van der Waals surface area (Å²) in [6, 6.07) is 12.4. The molecule has 0 aliphatic rings. The number of aromatic nitrogens is 1. The van der Waals surface area contributed by atoms with E-state index in [1.54, 1.807) is 43.5 Å². The van der Waals surface area contributed by atoms with Crippen LogP contribution in [0.15, 0.2) is 47.6 Å². The second kappa shape index (κ2) is 10.7. The Bertz CT molecular complexity index is 1170. The maximum Gasteiger partial charge on any atom is 0.291 e. The van der Waals surface area contributed by atoms with Gasteiger partial charge in [0.25, 0.3) is 5.91 Å². The van der Waals surface area contributed by atoms with E-state index in [2.05, 4.69) is 15.5 Å². The predicted molar refractivity (Wildman–Crippen MR) is 128 cm³/mol. The average Bonchev–Trinajstić information content (AvgIpc) is 2.79. The van der Waals surface area contributed by atoms with Crippen molar-refractivity contribution in [2.45, 2.75) is 6.61 Å². The zero-order valence-corrected chi connectivity index (χ0v) is 19.6. The molecule has 0 radical (unpaired) electrons. The highest BCUT2D eigenvalue weighted by Crippen LogP contribution is 2.34. The third-order valence-electron chi connectivity index (χ3n) is 4.18. The van der Waals surface area contributed by atoms with Gasteiger partial charge in [0.2, 0.25) is 0 Å². The molecule has 3 N–H and O–H groups in total. The average molecular weight is 514 g/mol. The van der Waals surface area contributed by atoms with E-state index in [1.165, 1.54) is 6.21 Å². The Labute approximate surface area is 204 Å². The van der Waals surface area contributed by atoms with Gasteiger partial charge in [0, 0.05) is 10.6 Å². The van der Waals surface area contributed by atoms with Crippen LogP contribution >= 0.6 is 46.4 Å². The molecule has 0 unspecified atom stereocenters. The number of amides is 1. The number of nitrogens with two attached hydrogens (primary N) is 1. The number of hydrazone groups is 1. The van der Waals surface area contributed by atoms with Crippen molar-refractivity contribution >= 4 is 64.2 Å². The highest BCUT2D eigenvalue weighted by atomic mass is 35.5. The molecule has 0 saturated heterocycles. The quantitative estimate of drug-likeness (QED) is 0.242. The fourth-order valence-electron chi connectivity index (χ4n) is 2.58. The van der Waals surface area contributed by atoms with Crippen molar-refractivity contribution in [2.75, 3.05) is 12.8 Å². The van der Waals surface area contributed by atoms with Gasteiger partial charge < -0.3 is 15.2 Å². The van der Waals surface area contributed by atoms with Crippen molar-refractivity contribution < 1.29 is 14.3 Å². The third-order valence-corrected chi connectivity index (χ3v) is 5.57. The van der Waals surface area contributed by atoms with Crippen LogP contribution in [0, 0.1) is 0 Å². The Morgan fingerprint density at radius 1 is 1.12 bits per heavy atom. The number of methoxy groups -OCH3 is 1. The molecule has 0 aliphatic heterocycles. The van der Waals surface area contributed by atoms with Gasteiger partial charge in [-0.2, -0.15) is 5.10 Å². The smallest absolute Gasteiger partial charge is 0.291 e. The number of nitrogens with one attached hydrogen (secondary N) is 1. The van der Waals surface area contributed by atoms with E-state index in [9.17, 15) is 4.79 Å². The number of pyridine rings is 1. The number of nitrogen functional groups attached to an aromatic ring is 1. The molecule has 0 aliphatic carbocycles. The number of hydrogen-bond donors (Lipinski definition) is 2. The first-order valence-corrected chi connectivity index (χ1v) is 10.5. The molecular weight excluding hydrogens is 498 g/mol. The lowest BCUT2D eigenvalue weighted by atomic mass is 10.1.